The number of hydrogen-bond donors (Lipinski definition) is 2. The minimum atomic E-state index is -1.15. The number of carboxylic acid groups (broad SMARTS) is 1. The number of hydrogen-bond acceptors (Lipinski definition) is 3. The molecule has 2 aromatic rings. The van der Waals surface area contributed by atoms with E-state index in [1.807, 2.05) is 0 Å². The minimum Gasteiger partial charge on any atom is -0.478 e. The zero-order valence-electron chi connectivity index (χ0n) is 8.15. The molecule has 2 N–H and O–H groups in total. The highest BCUT2D eigenvalue weighted by molar-refractivity contribution is 6.38. The average molecular weight is 274 g/mol. The normalized spacial score (nSPS) is 10.5. The Morgan fingerprint density at radius 3 is 2.35 bits per heavy atom. The van der Waals surface area contributed by atoms with E-state index in [2.05, 4.69) is 10.2 Å². The highest BCUT2D eigenvalue weighted by atomic mass is 35.5. The predicted octanol–water partition coefficient (Wildman–Crippen LogP) is 1.57. The highest BCUT2D eigenvalue weighted by Gasteiger charge is 2.15. The third kappa shape index (κ3) is 2.04. The van der Waals surface area contributed by atoms with Gasteiger partial charge in [0.05, 0.1) is 21.3 Å². The van der Waals surface area contributed by atoms with Crippen LogP contribution in [-0.4, -0.2) is 25.8 Å². The summed E-state index contributed by atoms with van der Waals surface area (Å²) >= 11 is 11.8. The standard InChI is InChI=1S/C9H5Cl2N3O3/c10-5-1-4(8(15)16)2-6(11)7(5)14-3-12-13-9(14)17/h1-3H,(H,13,17)(H,15,16). The smallest absolute Gasteiger partial charge is 0.347 e. The Hall–Kier alpha value is -1.79. The molecule has 17 heavy (non-hydrogen) atoms. The number of aromatic amines is 1. The molecular weight excluding hydrogens is 269 g/mol. The third-order valence-electron chi connectivity index (χ3n) is 2.06. The topological polar surface area (TPSA) is 88.0 Å². The molecular formula is C9H5Cl2N3O3. The summed E-state index contributed by atoms with van der Waals surface area (Å²) in [6, 6.07) is 2.43. The molecule has 2 rings (SSSR count). The van der Waals surface area contributed by atoms with Crippen LogP contribution < -0.4 is 5.69 Å². The average Bonchev–Trinajstić information content (AvgIpc) is 2.64. The molecule has 0 bridgehead atoms. The van der Waals surface area contributed by atoms with Crippen molar-refractivity contribution in [3.05, 3.63) is 44.6 Å². The number of H-pyrrole nitrogens is 1. The van der Waals surface area contributed by atoms with Gasteiger partial charge in [-0.1, -0.05) is 23.2 Å². The van der Waals surface area contributed by atoms with E-state index < -0.39 is 11.7 Å². The van der Waals surface area contributed by atoms with Gasteiger partial charge in [-0.15, -0.1) is 0 Å². The number of carboxylic acids is 1. The van der Waals surface area contributed by atoms with Crippen molar-refractivity contribution in [3.63, 3.8) is 0 Å². The van der Waals surface area contributed by atoms with Gasteiger partial charge in [0.1, 0.15) is 6.33 Å². The molecule has 0 aliphatic heterocycles. The Kier molecular flexibility index (Phi) is 2.91. The lowest BCUT2D eigenvalue weighted by atomic mass is 10.2. The first-order valence-corrected chi connectivity index (χ1v) is 5.11. The summed E-state index contributed by atoms with van der Waals surface area (Å²) in [4.78, 5) is 22.1. The molecule has 0 aliphatic rings. The molecule has 1 heterocycles. The van der Waals surface area contributed by atoms with Gasteiger partial charge in [0.25, 0.3) is 0 Å². The molecule has 0 amide bonds. The number of nitrogens with zero attached hydrogens (tertiary/aromatic N) is 2. The van der Waals surface area contributed by atoms with Gasteiger partial charge in [-0.2, -0.15) is 5.10 Å². The first kappa shape index (κ1) is 11.7. The van der Waals surface area contributed by atoms with Crippen molar-refractivity contribution in [3.8, 4) is 5.69 Å². The fraction of sp³-hybridized carbons (Fsp3) is 0. The van der Waals surface area contributed by atoms with Crippen molar-refractivity contribution in [1.29, 1.82) is 0 Å². The van der Waals surface area contributed by atoms with Gasteiger partial charge in [-0.3, -0.25) is 0 Å². The van der Waals surface area contributed by atoms with Crippen LogP contribution in [0.15, 0.2) is 23.3 Å². The summed E-state index contributed by atoms with van der Waals surface area (Å²) in [6.07, 6.45) is 1.20. The molecule has 1 aromatic carbocycles. The van der Waals surface area contributed by atoms with Crippen LogP contribution in [-0.2, 0) is 0 Å². The van der Waals surface area contributed by atoms with Gasteiger partial charge in [-0.05, 0) is 12.1 Å². The number of nitrogens with one attached hydrogen (secondary N) is 1. The van der Waals surface area contributed by atoms with Crippen LogP contribution in [0.5, 0.6) is 0 Å². The lowest BCUT2D eigenvalue weighted by Crippen LogP contribution is -2.15. The number of benzene rings is 1. The zero-order valence-corrected chi connectivity index (χ0v) is 9.66. The Balaban J connectivity index is 2.69. The van der Waals surface area contributed by atoms with Crippen molar-refractivity contribution < 1.29 is 9.90 Å². The van der Waals surface area contributed by atoms with Gasteiger partial charge < -0.3 is 5.11 Å². The fourth-order valence-electron chi connectivity index (χ4n) is 1.33. The van der Waals surface area contributed by atoms with Crippen molar-refractivity contribution >= 4 is 29.2 Å². The predicted molar refractivity (Wildman–Crippen MR) is 61.2 cm³/mol. The third-order valence-corrected chi connectivity index (χ3v) is 2.63. The lowest BCUT2D eigenvalue weighted by molar-refractivity contribution is 0.0697. The lowest BCUT2D eigenvalue weighted by Gasteiger charge is -2.07. The maximum absolute atomic E-state index is 11.4. The van der Waals surface area contributed by atoms with Gasteiger partial charge in [0.15, 0.2) is 0 Å². The summed E-state index contributed by atoms with van der Waals surface area (Å²) in [6.45, 7) is 0. The van der Waals surface area contributed by atoms with Gasteiger partial charge >= 0.3 is 11.7 Å². The SMILES string of the molecule is O=C(O)c1cc(Cl)c(-n2cn[nH]c2=O)c(Cl)c1. The quantitative estimate of drug-likeness (QED) is 0.869. The Morgan fingerprint density at radius 1 is 1.35 bits per heavy atom. The second kappa shape index (κ2) is 4.23. The van der Waals surface area contributed by atoms with Crippen LogP contribution in [0, 0.1) is 0 Å². The van der Waals surface area contributed by atoms with E-state index in [1.165, 1.54) is 18.5 Å². The van der Waals surface area contributed by atoms with E-state index >= 15 is 0 Å². The van der Waals surface area contributed by atoms with Gasteiger partial charge in [0, 0.05) is 0 Å². The molecule has 8 heteroatoms. The number of carbonyl (C=O) groups is 1. The Morgan fingerprint density at radius 2 is 1.94 bits per heavy atom. The molecule has 0 radical (unpaired) electrons. The largest absolute Gasteiger partial charge is 0.478 e. The molecule has 0 fully saturated rings. The minimum absolute atomic E-state index is 0.0541. The van der Waals surface area contributed by atoms with E-state index in [-0.39, 0.29) is 21.3 Å². The van der Waals surface area contributed by atoms with Crippen LogP contribution in [0.1, 0.15) is 10.4 Å². The van der Waals surface area contributed by atoms with E-state index in [4.69, 9.17) is 28.3 Å². The summed E-state index contributed by atoms with van der Waals surface area (Å²) in [5.74, 6) is -1.15. The van der Waals surface area contributed by atoms with Crippen molar-refractivity contribution in [2.45, 2.75) is 0 Å². The van der Waals surface area contributed by atoms with Crippen LogP contribution in [0.3, 0.4) is 0 Å². The van der Waals surface area contributed by atoms with Crippen LogP contribution >= 0.6 is 23.2 Å². The van der Waals surface area contributed by atoms with Crippen molar-refractivity contribution in [2.75, 3.05) is 0 Å². The molecule has 0 saturated carbocycles. The number of halogens is 2. The van der Waals surface area contributed by atoms with Gasteiger partial charge in [0.2, 0.25) is 0 Å². The molecule has 0 atom stereocenters. The zero-order chi connectivity index (χ0) is 12.6. The molecule has 6 nitrogen and oxygen atoms in total. The van der Waals surface area contributed by atoms with Crippen LogP contribution in [0.25, 0.3) is 5.69 Å². The molecule has 0 spiro atoms. The molecule has 88 valence electrons. The summed E-state index contributed by atoms with van der Waals surface area (Å²) < 4.78 is 1.09. The second-order valence-corrected chi connectivity index (χ2v) is 3.94. The molecule has 0 aliphatic carbocycles. The number of rotatable bonds is 2. The molecule has 1 aromatic heterocycles. The molecule has 0 saturated heterocycles. The Bertz CT molecular complexity index is 624. The van der Waals surface area contributed by atoms with E-state index in [1.54, 1.807) is 0 Å². The molecule has 0 unspecified atom stereocenters. The van der Waals surface area contributed by atoms with Crippen LogP contribution in [0.4, 0.5) is 0 Å². The highest BCUT2D eigenvalue weighted by Crippen LogP contribution is 2.29. The Labute approximate surface area is 104 Å². The monoisotopic (exact) mass is 273 g/mol. The van der Waals surface area contributed by atoms with Crippen LogP contribution in [0.2, 0.25) is 10.0 Å². The summed E-state index contributed by atoms with van der Waals surface area (Å²) in [5.41, 5.74) is -0.380. The first-order valence-electron chi connectivity index (χ1n) is 4.35. The number of aromatic nitrogens is 3. The fourth-order valence-corrected chi connectivity index (χ4v) is 2.00. The van der Waals surface area contributed by atoms with E-state index in [0.29, 0.717) is 0 Å². The van der Waals surface area contributed by atoms with E-state index in [9.17, 15) is 9.59 Å². The number of aromatic carboxylic acids is 1. The van der Waals surface area contributed by atoms with Gasteiger partial charge in [-0.25, -0.2) is 19.3 Å². The first-order chi connectivity index (χ1) is 8.00. The summed E-state index contributed by atoms with van der Waals surface area (Å²) in [5, 5.41) is 14.6. The van der Waals surface area contributed by atoms with Crippen molar-refractivity contribution in [2.24, 2.45) is 0 Å². The van der Waals surface area contributed by atoms with E-state index in [0.717, 1.165) is 4.57 Å². The second-order valence-electron chi connectivity index (χ2n) is 3.13. The maximum atomic E-state index is 11.4. The van der Waals surface area contributed by atoms with Crippen molar-refractivity contribution in [1.82, 2.24) is 14.8 Å². The summed E-state index contributed by atoms with van der Waals surface area (Å²) in [7, 11) is 0. The maximum Gasteiger partial charge on any atom is 0.347 e.